The first kappa shape index (κ1) is 22.1. The molecule has 2 heterocycles. The number of fused-ring (bicyclic) bond motifs is 1. The van der Waals surface area contributed by atoms with Gasteiger partial charge in [-0.25, -0.2) is 17.8 Å². The quantitative estimate of drug-likeness (QED) is 0.536. The fourth-order valence-electron chi connectivity index (χ4n) is 3.32. The maximum Gasteiger partial charge on any atom is 0.264 e. The second-order valence-electron chi connectivity index (χ2n) is 7.10. The van der Waals surface area contributed by atoms with E-state index < -0.39 is 34.3 Å². The number of rotatable bonds is 7. The summed E-state index contributed by atoms with van der Waals surface area (Å²) in [6.07, 6.45) is 1.56. The Morgan fingerprint density at radius 2 is 1.94 bits per heavy atom. The first-order valence-corrected chi connectivity index (χ1v) is 11.9. The zero-order chi connectivity index (χ0) is 22.9. The van der Waals surface area contributed by atoms with Crippen LogP contribution in [0.2, 0.25) is 0 Å². The van der Waals surface area contributed by atoms with Gasteiger partial charge < -0.3 is 10.5 Å². The monoisotopic (exact) mass is 478 g/mol. The smallest absolute Gasteiger partial charge is 0.264 e. The molecule has 1 aliphatic rings. The van der Waals surface area contributed by atoms with Crippen LogP contribution in [0.4, 0.5) is 9.52 Å². The van der Waals surface area contributed by atoms with Gasteiger partial charge in [-0.1, -0.05) is 11.3 Å². The predicted molar refractivity (Wildman–Crippen MR) is 117 cm³/mol. The molecule has 1 aromatic heterocycles. The first-order valence-electron chi connectivity index (χ1n) is 9.67. The lowest BCUT2D eigenvalue weighted by atomic mass is 10.2. The Morgan fingerprint density at radius 3 is 2.66 bits per heavy atom. The normalized spacial score (nSPS) is 14.5. The van der Waals surface area contributed by atoms with Crippen molar-refractivity contribution in [1.82, 2.24) is 9.29 Å². The Hall–Kier alpha value is -3.09. The van der Waals surface area contributed by atoms with Crippen LogP contribution in [0.1, 0.15) is 23.2 Å². The van der Waals surface area contributed by atoms with E-state index in [2.05, 4.69) is 10.3 Å². The van der Waals surface area contributed by atoms with Crippen molar-refractivity contribution >= 4 is 48.5 Å². The molecule has 1 aliphatic heterocycles. The highest BCUT2D eigenvalue weighted by Crippen LogP contribution is 2.28. The Labute approximate surface area is 187 Å². The molecule has 0 saturated carbocycles. The van der Waals surface area contributed by atoms with Crippen molar-refractivity contribution in [3.63, 3.8) is 0 Å². The van der Waals surface area contributed by atoms with Crippen molar-refractivity contribution in [3.8, 4) is 5.75 Å². The topological polar surface area (TPSA) is 132 Å². The third-order valence-electron chi connectivity index (χ3n) is 4.87. The Kier molecular flexibility index (Phi) is 6.09. The lowest BCUT2D eigenvalue weighted by Crippen LogP contribution is -2.28. The third-order valence-corrected chi connectivity index (χ3v) is 7.70. The van der Waals surface area contributed by atoms with E-state index in [4.69, 9.17) is 10.5 Å². The highest BCUT2D eigenvalue weighted by molar-refractivity contribution is 7.89. The van der Waals surface area contributed by atoms with Crippen LogP contribution in [-0.4, -0.2) is 49.2 Å². The molecule has 32 heavy (non-hydrogen) atoms. The van der Waals surface area contributed by atoms with E-state index in [0.29, 0.717) is 23.3 Å². The summed E-state index contributed by atoms with van der Waals surface area (Å²) in [5.74, 6) is -1.86. The van der Waals surface area contributed by atoms with Crippen molar-refractivity contribution in [1.29, 1.82) is 0 Å². The molecule has 1 saturated heterocycles. The molecule has 12 heteroatoms. The van der Waals surface area contributed by atoms with Gasteiger partial charge in [-0.05, 0) is 49.2 Å². The molecule has 0 aliphatic carbocycles. The summed E-state index contributed by atoms with van der Waals surface area (Å²) >= 11 is 1.10. The van der Waals surface area contributed by atoms with E-state index in [1.165, 1.54) is 34.6 Å². The highest BCUT2D eigenvalue weighted by atomic mass is 32.2. The molecule has 2 aromatic carbocycles. The number of carbonyl (C=O) groups is 2. The lowest BCUT2D eigenvalue weighted by Gasteiger charge is -2.17. The summed E-state index contributed by atoms with van der Waals surface area (Å²) < 4.78 is 46.1. The second-order valence-corrected chi connectivity index (χ2v) is 10.1. The summed E-state index contributed by atoms with van der Waals surface area (Å²) in [5, 5.41) is 2.81. The summed E-state index contributed by atoms with van der Waals surface area (Å²) in [6.45, 7) is 0.374. The number of sulfonamides is 1. The standard InChI is InChI=1S/C20H19FN4O5S2/c21-12-3-5-15-17(9-12)31-20(23-15)24-18(26)11-30-16-6-4-13(10-14(16)19(22)27)32(28,29)25-7-1-2-8-25/h3-6,9-10H,1-2,7-8,11H2,(H2,22,27)(H,23,24,26). The number of thiazole rings is 1. The summed E-state index contributed by atoms with van der Waals surface area (Å²) in [5.41, 5.74) is 5.79. The number of benzene rings is 2. The zero-order valence-corrected chi connectivity index (χ0v) is 18.3. The number of hydrogen-bond donors (Lipinski definition) is 2. The minimum absolute atomic E-state index is 0.0145. The maximum absolute atomic E-state index is 13.3. The molecule has 9 nitrogen and oxygen atoms in total. The van der Waals surface area contributed by atoms with Crippen LogP contribution in [0.3, 0.4) is 0 Å². The summed E-state index contributed by atoms with van der Waals surface area (Å²) in [4.78, 5) is 28.3. The van der Waals surface area contributed by atoms with Crippen LogP contribution >= 0.6 is 11.3 Å². The molecule has 4 rings (SSSR count). The van der Waals surface area contributed by atoms with Crippen molar-refractivity contribution in [2.45, 2.75) is 17.7 Å². The van der Waals surface area contributed by atoms with Gasteiger partial charge in [0.25, 0.3) is 11.8 Å². The van der Waals surface area contributed by atoms with Crippen LogP contribution < -0.4 is 15.8 Å². The minimum Gasteiger partial charge on any atom is -0.483 e. The molecule has 2 amide bonds. The van der Waals surface area contributed by atoms with Crippen LogP contribution in [0.15, 0.2) is 41.3 Å². The van der Waals surface area contributed by atoms with Crippen molar-refractivity contribution in [2.75, 3.05) is 25.0 Å². The van der Waals surface area contributed by atoms with Gasteiger partial charge in [0.2, 0.25) is 10.0 Å². The maximum atomic E-state index is 13.3. The predicted octanol–water partition coefficient (Wildman–Crippen LogP) is 2.34. The van der Waals surface area contributed by atoms with Crippen molar-refractivity contribution < 1.29 is 27.1 Å². The number of halogens is 1. The fraction of sp³-hybridized carbons (Fsp3) is 0.250. The molecule has 0 bridgehead atoms. The van der Waals surface area contributed by atoms with Gasteiger partial charge in [0.15, 0.2) is 11.7 Å². The van der Waals surface area contributed by atoms with E-state index in [0.717, 1.165) is 30.2 Å². The number of anilines is 1. The molecule has 1 fully saturated rings. The van der Waals surface area contributed by atoms with Gasteiger partial charge in [-0.3, -0.25) is 14.9 Å². The molecule has 0 atom stereocenters. The zero-order valence-electron chi connectivity index (χ0n) is 16.7. The number of ether oxygens (including phenoxy) is 1. The fourth-order valence-corrected chi connectivity index (χ4v) is 5.77. The van der Waals surface area contributed by atoms with Gasteiger partial charge in [-0.2, -0.15) is 4.31 Å². The first-order chi connectivity index (χ1) is 15.2. The molecular weight excluding hydrogens is 459 g/mol. The highest BCUT2D eigenvalue weighted by Gasteiger charge is 2.28. The average Bonchev–Trinajstić information content (AvgIpc) is 3.41. The molecule has 0 radical (unpaired) electrons. The number of primary amides is 1. The van der Waals surface area contributed by atoms with E-state index in [1.807, 2.05) is 0 Å². The van der Waals surface area contributed by atoms with E-state index >= 15 is 0 Å². The van der Waals surface area contributed by atoms with E-state index in [1.54, 1.807) is 0 Å². The molecule has 0 unspecified atom stereocenters. The van der Waals surface area contributed by atoms with Crippen LogP contribution in [0.25, 0.3) is 10.2 Å². The Bertz CT molecular complexity index is 1300. The number of nitrogens with one attached hydrogen (secondary N) is 1. The van der Waals surface area contributed by atoms with E-state index in [-0.39, 0.29) is 21.3 Å². The SMILES string of the molecule is NC(=O)c1cc(S(=O)(=O)N2CCCC2)ccc1OCC(=O)Nc1nc2ccc(F)cc2s1. The van der Waals surface area contributed by atoms with Gasteiger partial charge in [-0.15, -0.1) is 0 Å². The summed E-state index contributed by atoms with van der Waals surface area (Å²) in [7, 11) is -3.74. The Morgan fingerprint density at radius 1 is 1.19 bits per heavy atom. The molecule has 168 valence electrons. The molecule has 3 N–H and O–H groups in total. The number of aromatic nitrogens is 1. The van der Waals surface area contributed by atoms with Gasteiger partial charge >= 0.3 is 0 Å². The lowest BCUT2D eigenvalue weighted by molar-refractivity contribution is -0.118. The van der Waals surface area contributed by atoms with Crippen LogP contribution in [0, 0.1) is 5.82 Å². The number of carbonyl (C=O) groups excluding carboxylic acids is 2. The molecular formula is C20H19FN4O5S2. The minimum atomic E-state index is -3.74. The number of nitrogens with two attached hydrogens (primary N) is 1. The van der Waals surface area contributed by atoms with Gasteiger partial charge in [0.1, 0.15) is 11.6 Å². The van der Waals surface area contributed by atoms with Gasteiger partial charge in [0, 0.05) is 13.1 Å². The van der Waals surface area contributed by atoms with E-state index in [9.17, 15) is 22.4 Å². The van der Waals surface area contributed by atoms with Crippen molar-refractivity contribution in [3.05, 3.63) is 47.8 Å². The van der Waals surface area contributed by atoms with Gasteiger partial charge in [0.05, 0.1) is 20.7 Å². The van der Waals surface area contributed by atoms with Crippen LogP contribution in [0.5, 0.6) is 5.75 Å². The third kappa shape index (κ3) is 4.56. The number of hydrogen-bond acceptors (Lipinski definition) is 7. The Balaban J connectivity index is 1.47. The van der Waals surface area contributed by atoms with Crippen molar-refractivity contribution in [2.24, 2.45) is 5.73 Å². The number of nitrogens with zero attached hydrogens (tertiary/aromatic N) is 2. The summed E-state index contributed by atoms with van der Waals surface area (Å²) in [6, 6.07) is 7.87. The molecule has 0 spiro atoms. The average molecular weight is 479 g/mol. The number of amides is 2. The second kappa shape index (κ2) is 8.81. The largest absolute Gasteiger partial charge is 0.483 e. The molecule has 3 aromatic rings. The van der Waals surface area contributed by atoms with Crippen LogP contribution in [-0.2, 0) is 14.8 Å².